The molecule has 0 saturated heterocycles. The normalized spacial score (nSPS) is 12.2. The number of aliphatic hydroxyl groups is 1. The Kier molecular flexibility index (Phi) is 4.17. The van der Waals surface area contributed by atoms with Gasteiger partial charge in [0.1, 0.15) is 5.82 Å². The smallest absolute Gasteiger partial charge is 0.123 e. The van der Waals surface area contributed by atoms with Gasteiger partial charge in [0, 0.05) is 5.69 Å². The second kappa shape index (κ2) is 5.85. The first-order chi connectivity index (χ1) is 9.11. The summed E-state index contributed by atoms with van der Waals surface area (Å²) in [4.78, 5) is 0. The third-order valence-corrected chi connectivity index (χ3v) is 3.26. The van der Waals surface area contributed by atoms with Gasteiger partial charge in [-0.05, 0) is 54.8 Å². The topological polar surface area (TPSA) is 32.3 Å². The number of benzene rings is 2. The molecule has 2 aromatic rings. The highest BCUT2D eigenvalue weighted by Gasteiger charge is 2.14. The van der Waals surface area contributed by atoms with Gasteiger partial charge in [-0.15, -0.1) is 0 Å². The fourth-order valence-corrected chi connectivity index (χ4v) is 2.33. The van der Waals surface area contributed by atoms with Gasteiger partial charge in [-0.25, -0.2) is 4.39 Å². The lowest BCUT2D eigenvalue weighted by Crippen LogP contribution is -2.17. The molecule has 0 heterocycles. The van der Waals surface area contributed by atoms with Crippen molar-refractivity contribution in [3.8, 4) is 0 Å². The molecule has 1 atom stereocenters. The molecule has 0 spiro atoms. The zero-order chi connectivity index (χ0) is 13.8. The molecule has 2 aromatic carbocycles. The molecule has 0 aromatic heterocycles. The number of anilines is 1. The number of aliphatic hydroxyl groups excluding tert-OH is 1. The minimum atomic E-state index is -0.266. The molecule has 2 nitrogen and oxygen atoms in total. The average molecular weight is 259 g/mol. The van der Waals surface area contributed by atoms with Crippen molar-refractivity contribution < 1.29 is 9.50 Å². The molecular formula is C16H18FNO. The van der Waals surface area contributed by atoms with E-state index >= 15 is 0 Å². The summed E-state index contributed by atoms with van der Waals surface area (Å²) in [5.74, 6) is -0.266. The molecule has 0 fully saturated rings. The lowest BCUT2D eigenvalue weighted by atomic mass is 9.96. The van der Waals surface area contributed by atoms with Gasteiger partial charge in [0.15, 0.2) is 0 Å². The van der Waals surface area contributed by atoms with E-state index in [9.17, 15) is 9.50 Å². The van der Waals surface area contributed by atoms with Crippen LogP contribution in [0.25, 0.3) is 0 Å². The first-order valence-corrected chi connectivity index (χ1v) is 6.31. The van der Waals surface area contributed by atoms with Crippen LogP contribution in [0.3, 0.4) is 0 Å². The maximum absolute atomic E-state index is 12.9. The Hall–Kier alpha value is -1.87. The van der Waals surface area contributed by atoms with Gasteiger partial charge in [0.2, 0.25) is 0 Å². The van der Waals surface area contributed by atoms with Gasteiger partial charge < -0.3 is 10.4 Å². The molecule has 0 aliphatic carbocycles. The second-order valence-electron chi connectivity index (χ2n) is 4.69. The number of nitrogens with one attached hydrogen (secondary N) is 1. The van der Waals surface area contributed by atoms with E-state index in [1.807, 2.05) is 32.0 Å². The monoisotopic (exact) mass is 259 g/mol. The lowest BCUT2D eigenvalue weighted by molar-refractivity contribution is 0.275. The first kappa shape index (κ1) is 13.6. The summed E-state index contributed by atoms with van der Waals surface area (Å²) in [6.07, 6.45) is 0. The third-order valence-electron chi connectivity index (χ3n) is 3.26. The highest BCUT2D eigenvalue weighted by atomic mass is 19.1. The fourth-order valence-electron chi connectivity index (χ4n) is 2.33. The average Bonchev–Trinajstić information content (AvgIpc) is 2.39. The molecule has 1 unspecified atom stereocenters. The number of rotatable bonds is 4. The minimum absolute atomic E-state index is 0.0108. The summed E-state index contributed by atoms with van der Waals surface area (Å²) in [7, 11) is 0. The lowest BCUT2D eigenvalue weighted by Gasteiger charge is -2.22. The van der Waals surface area contributed by atoms with Crippen molar-refractivity contribution in [2.75, 3.05) is 11.9 Å². The van der Waals surface area contributed by atoms with Crippen LogP contribution in [0, 0.1) is 19.7 Å². The highest BCUT2D eigenvalue weighted by molar-refractivity contribution is 5.48. The predicted molar refractivity (Wildman–Crippen MR) is 75.8 cm³/mol. The minimum Gasteiger partial charge on any atom is -0.394 e. The quantitative estimate of drug-likeness (QED) is 0.879. The second-order valence-corrected chi connectivity index (χ2v) is 4.69. The van der Waals surface area contributed by atoms with Crippen molar-refractivity contribution >= 4 is 5.69 Å². The van der Waals surface area contributed by atoms with E-state index in [2.05, 4.69) is 5.32 Å². The van der Waals surface area contributed by atoms with Gasteiger partial charge >= 0.3 is 0 Å². The summed E-state index contributed by atoms with van der Waals surface area (Å²) in [5.41, 5.74) is 4.15. The maximum Gasteiger partial charge on any atom is 0.123 e. The van der Waals surface area contributed by atoms with Gasteiger partial charge in [0.05, 0.1) is 12.6 Å². The molecule has 0 aliphatic heterocycles. The van der Waals surface area contributed by atoms with Crippen LogP contribution in [0.1, 0.15) is 22.7 Å². The van der Waals surface area contributed by atoms with Gasteiger partial charge in [0.25, 0.3) is 0 Å². The van der Waals surface area contributed by atoms with E-state index in [1.165, 1.54) is 12.1 Å². The van der Waals surface area contributed by atoms with E-state index in [0.717, 1.165) is 22.4 Å². The van der Waals surface area contributed by atoms with Crippen molar-refractivity contribution in [2.24, 2.45) is 0 Å². The van der Waals surface area contributed by atoms with Gasteiger partial charge in [-0.3, -0.25) is 0 Å². The largest absolute Gasteiger partial charge is 0.394 e. The zero-order valence-electron chi connectivity index (χ0n) is 11.2. The van der Waals surface area contributed by atoms with Crippen LogP contribution in [-0.4, -0.2) is 11.7 Å². The predicted octanol–water partition coefficient (Wildman–Crippen LogP) is 3.59. The van der Waals surface area contributed by atoms with Crippen LogP contribution >= 0.6 is 0 Å². The Morgan fingerprint density at radius 3 is 2.16 bits per heavy atom. The van der Waals surface area contributed by atoms with Crippen molar-refractivity contribution in [1.82, 2.24) is 0 Å². The van der Waals surface area contributed by atoms with E-state index in [4.69, 9.17) is 0 Å². The van der Waals surface area contributed by atoms with E-state index in [0.29, 0.717) is 0 Å². The highest BCUT2D eigenvalue weighted by Crippen LogP contribution is 2.25. The van der Waals surface area contributed by atoms with Crippen molar-refractivity contribution in [2.45, 2.75) is 19.9 Å². The van der Waals surface area contributed by atoms with E-state index in [-0.39, 0.29) is 18.5 Å². The summed E-state index contributed by atoms with van der Waals surface area (Å²) < 4.78 is 12.9. The molecule has 19 heavy (non-hydrogen) atoms. The van der Waals surface area contributed by atoms with Crippen molar-refractivity contribution in [1.29, 1.82) is 0 Å². The molecule has 0 saturated carbocycles. The fraction of sp³-hybridized carbons (Fsp3) is 0.250. The molecule has 2 rings (SSSR count). The molecule has 0 bridgehead atoms. The van der Waals surface area contributed by atoms with Crippen LogP contribution in [0.4, 0.5) is 10.1 Å². The molecule has 100 valence electrons. The molecule has 0 amide bonds. The summed E-state index contributed by atoms with van der Waals surface area (Å²) >= 11 is 0. The summed E-state index contributed by atoms with van der Waals surface area (Å²) in [6, 6.07) is 12.0. The van der Waals surface area contributed by atoms with Gasteiger partial charge in [-0.2, -0.15) is 0 Å². The Morgan fingerprint density at radius 1 is 1.05 bits per heavy atom. The standard InChI is InChI=1S/C16H18FNO/c1-11-4-3-5-12(2)16(11)15(10-19)18-14-8-6-13(17)7-9-14/h3-9,15,18-19H,10H2,1-2H3. The zero-order valence-corrected chi connectivity index (χ0v) is 11.2. The number of hydrogen-bond donors (Lipinski definition) is 2. The molecular weight excluding hydrogens is 241 g/mol. The Balaban J connectivity index is 2.27. The molecule has 0 aliphatic rings. The summed E-state index contributed by atoms with van der Waals surface area (Å²) in [5, 5.41) is 12.8. The Bertz CT molecular complexity index is 531. The molecule has 2 N–H and O–H groups in total. The van der Waals surface area contributed by atoms with E-state index in [1.54, 1.807) is 12.1 Å². The van der Waals surface area contributed by atoms with Crippen molar-refractivity contribution in [3.63, 3.8) is 0 Å². The van der Waals surface area contributed by atoms with Crippen LogP contribution < -0.4 is 5.32 Å². The maximum atomic E-state index is 12.9. The van der Waals surface area contributed by atoms with Crippen LogP contribution in [0.5, 0.6) is 0 Å². The van der Waals surface area contributed by atoms with Crippen LogP contribution in [0.2, 0.25) is 0 Å². The van der Waals surface area contributed by atoms with E-state index < -0.39 is 0 Å². The van der Waals surface area contributed by atoms with Crippen molar-refractivity contribution in [3.05, 3.63) is 65.0 Å². The number of hydrogen-bond acceptors (Lipinski definition) is 2. The summed E-state index contributed by atoms with van der Waals surface area (Å²) in [6.45, 7) is 4.04. The Morgan fingerprint density at radius 2 is 1.63 bits per heavy atom. The van der Waals surface area contributed by atoms with Gasteiger partial charge in [-0.1, -0.05) is 18.2 Å². The molecule has 0 radical (unpaired) electrons. The first-order valence-electron chi connectivity index (χ1n) is 6.31. The number of halogens is 1. The SMILES string of the molecule is Cc1cccc(C)c1C(CO)Nc1ccc(F)cc1. The third kappa shape index (κ3) is 3.12. The van der Waals surface area contributed by atoms with Crippen LogP contribution in [-0.2, 0) is 0 Å². The van der Waals surface area contributed by atoms with Crippen LogP contribution in [0.15, 0.2) is 42.5 Å². The number of aryl methyl sites for hydroxylation is 2. The Labute approximate surface area is 112 Å². The molecule has 3 heteroatoms.